The van der Waals surface area contributed by atoms with Gasteiger partial charge in [0.1, 0.15) is 6.61 Å². The standard InChI is InChI=1S/C16H21N3OS/c1-12-6-8-14(9-7-12)11-20-16-15(17-21-18-16)19-10-4-3-5-13(19)2/h6-9,13H,3-5,10-11H2,1-2H3. The summed E-state index contributed by atoms with van der Waals surface area (Å²) in [4.78, 5) is 2.33. The molecule has 0 N–H and O–H groups in total. The molecule has 1 aromatic heterocycles. The van der Waals surface area contributed by atoms with Crippen LogP contribution in [0.4, 0.5) is 5.82 Å². The fourth-order valence-corrected chi connectivity index (χ4v) is 3.20. The number of aryl methyl sites for hydroxylation is 1. The lowest BCUT2D eigenvalue weighted by Crippen LogP contribution is -2.37. The predicted octanol–water partition coefficient (Wildman–Crippen LogP) is 3.80. The normalized spacial score (nSPS) is 18.8. The van der Waals surface area contributed by atoms with E-state index in [1.807, 2.05) is 0 Å². The number of nitrogens with zero attached hydrogens (tertiary/aromatic N) is 3. The first-order valence-electron chi connectivity index (χ1n) is 7.51. The molecule has 0 saturated carbocycles. The van der Waals surface area contributed by atoms with Gasteiger partial charge in [-0.1, -0.05) is 29.8 Å². The van der Waals surface area contributed by atoms with Gasteiger partial charge in [0, 0.05) is 12.6 Å². The van der Waals surface area contributed by atoms with Crippen molar-refractivity contribution in [2.24, 2.45) is 0 Å². The molecule has 0 spiro atoms. The molecule has 1 aliphatic rings. The highest BCUT2D eigenvalue weighted by Gasteiger charge is 2.24. The average molecular weight is 303 g/mol. The fourth-order valence-electron chi connectivity index (χ4n) is 2.69. The van der Waals surface area contributed by atoms with Gasteiger partial charge in [0.05, 0.1) is 11.7 Å². The van der Waals surface area contributed by atoms with Crippen molar-refractivity contribution >= 4 is 17.5 Å². The molecule has 1 aliphatic heterocycles. The molecule has 1 aromatic carbocycles. The third kappa shape index (κ3) is 3.35. The molecule has 21 heavy (non-hydrogen) atoms. The summed E-state index contributed by atoms with van der Waals surface area (Å²) in [6, 6.07) is 8.91. The second kappa shape index (κ2) is 6.43. The van der Waals surface area contributed by atoms with Crippen molar-refractivity contribution < 1.29 is 4.74 Å². The van der Waals surface area contributed by atoms with Crippen LogP contribution in [0.25, 0.3) is 0 Å². The number of hydrogen-bond acceptors (Lipinski definition) is 5. The lowest BCUT2D eigenvalue weighted by Gasteiger charge is -2.33. The summed E-state index contributed by atoms with van der Waals surface area (Å²) in [5.41, 5.74) is 2.42. The Hall–Kier alpha value is -1.62. The van der Waals surface area contributed by atoms with Gasteiger partial charge in [-0.3, -0.25) is 0 Å². The molecular weight excluding hydrogens is 282 g/mol. The summed E-state index contributed by atoms with van der Waals surface area (Å²) in [6.45, 7) is 5.93. The topological polar surface area (TPSA) is 38.3 Å². The van der Waals surface area contributed by atoms with Gasteiger partial charge in [0.15, 0.2) is 0 Å². The number of anilines is 1. The third-order valence-corrected chi connectivity index (χ3v) is 4.52. The van der Waals surface area contributed by atoms with Gasteiger partial charge in [0.2, 0.25) is 5.82 Å². The van der Waals surface area contributed by atoms with Crippen LogP contribution in [0.5, 0.6) is 5.88 Å². The van der Waals surface area contributed by atoms with Crippen LogP contribution in [0.3, 0.4) is 0 Å². The van der Waals surface area contributed by atoms with Crippen LogP contribution in [0.2, 0.25) is 0 Å². The summed E-state index contributed by atoms with van der Waals surface area (Å²) >= 11 is 1.23. The minimum Gasteiger partial charge on any atom is -0.470 e. The number of rotatable bonds is 4. The number of ether oxygens (including phenoxy) is 1. The molecule has 0 radical (unpaired) electrons. The minimum atomic E-state index is 0.518. The van der Waals surface area contributed by atoms with Crippen LogP contribution in [0.15, 0.2) is 24.3 Å². The van der Waals surface area contributed by atoms with Crippen LogP contribution < -0.4 is 9.64 Å². The number of hydrogen-bond donors (Lipinski definition) is 0. The van der Waals surface area contributed by atoms with E-state index in [0.717, 1.165) is 17.9 Å². The summed E-state index contributed by atoms with van der Waals surface area (Å²) in [5, 5.41) is 0. The highest BCUT2D eigenvalue weighted by Crippen LogP contribution is 2.31. The average Bonchev–Trinajstić information content (AvgIpc) is 2.95. The summed E-state index contributed by atoms with van der Waals surface area (Å²) in [7, 11) is 0. The SMILES string of the molecule is Cc1ccc(COc2nsnc2N2CCCCC2C)cc1. The fraction of sp³-hybridized carbons (Fsp3) is 0.500. The lowest BCUT2D eigenvalue weighted by molar-refractivity contribution is 0.295. The Labute approximate surface area is 130 Å². The Kier molecular flexibility index (Phi) is 4.39. The zero-order chi connectivity index (χ0) is 14.7. The number of piperidine rings is 1. The third-order valence-electron chi connectivity index (χ3n) is 4.01. The Morgan fingerprint density at radius 3 is 2.81 bits per heavy atom. The van der Waals surface area contributed by atoms with E-state index in [-0.39, 0.29) is 0 Å². The molecule has 4 nitrogen and oxygen atoms in total. The van der Waals surface area contributed by atoms with E-state index in [1.165, 1.54) is 36.6 Å². The second-order valence-electron chi connectivity index (χ2n) is 5.71. The first kappa shape index (κ1) is 14.3. The van der Waals surface area contributed by atoms with Gasteiger partial charge >= 0.3 is 0 Å². The van der Waals surface area contributed by atoms with Crippen molar-refractivity contribution in [1.82, 2.24) is 8.75 Å². The Balaban J connectivity index is 1.69. The summed E-state index contributed by atoms with van der Waals surface area (Å²) < 4.78 is 14.7. The summed E-state index contributed by atoms with van der Waals surface area (Å²) in [5.74, 6) is 1.59. The highest BCUT2D eigenvalue weighted by molar-refractivity contribution is 6.99. The van der Waals surface area contributed by atoms with Crippen LogP contribution in [-0.2, 0) is 6.61 Å². The molecular formula is C16H21N3OS. The molecule has 1 fully saturated rings. The van der Waals surface area contributed by atoms with Crippen molar-refractivity contribution in [2.75, 3.05) is 11.4 Å². The van der Waals surface area contributed by atoms with Gasteiger partial charge in [0.25, 0.3) is 5.88 Å². The predicted molar refractivity (Wildman–Crippen MR) is 86.1 cm³/mol. The largest absolute Gasteiger partial charge is 0.470 e. The zero-order valence-electron chi connectivity index (χ0n) is 12.6. The maximum absolute atomic E-state index is 5.90. The molecule has 1 atom stereocenters. The van der Waals surface area contributed by atoms with Crippen LogP contribution in [0.1, 0.15) is 37.3 Å². The van der Waals surface area contributed by atoms with E-state index >= 15 is 0 Å². The molecule has 2 heterocycles. The number of benzene rings is 1. The monoisotopic (exact) mass is 303 g/mol. The Bertz CT molecular complexity index is 581. The van der Waals surface area contributed by atoms with E-state index in [2.05, 4.69) is 51.8 Å². The van der Waals surface area contributed by atoms with Crippen molar-refractivity contribution in [1.29, 1.82) is 0 Å². The molecule has 0 amide bonds. The molecule has 3 rings (SSSR count). The van der Waals surface area contributed by atoms with Gasteiger partial charge in [-0.15, -0.1) is 4.37 Å². The molecule has 0 aliphatic carbocycles. The van der Waals surface area contributed by atoms with Crippen LogP contribution in [-0.4, -0.2) is 21.3 Å². The summed E-state index contributed by atoms with van der Waals surface area (Å²) in [6.07, 6.45) is 3.74. The van der Waals surface area contributed by atoms with Crippen LogP contribution in [0, 0.1) is 6.92 Å². The molecule has 0 bridgehead atoms. The first-order chi connectivity index (χ1) is 10.2. The van der Waals surface area contributed by atoms with Crippen molar-refractivity contribution in [3.05, 3.63) is 35.4 Å². The van der Waals surface area contributed by atoms with E-state index in [0.29, 0.717) is 18.5 Å². The van der Waals surface area contributed by atoms with E-state index in [1.54, 1.807) is 0 Å². The van der Waals surface area contributed by atoms with Gasteiger partial charge < -0.3 is 9.64 Å². The van der Waals surface area contributed by atoms with Gasteiger partial charge in [-0.05, 0) is 38.7 Å². The smallest absolute Gasteiger partial charge is 0.271 e. The molecule has 5 heteroatoms. The van der Waals surface area contributed by atoms with E-state index < -0.39 is 0 Å². The van der Waals surface area contributed by atoms with Crippen LogP contribution >= 0.6 is 11.7 Å². The maximum atomic E-state index is 5.90. The maximum Gasteiger partial charge on any atom is 0.271 e. The molecule has 1 unspecified atom stereocenters. The van der Waals surface area contributed by atoms with E-state index in [9.17, 15) is 0 Å². The van der Waals surface area contributed by atoms with Crippen molar-refractivity contribution in [3.8, 4) is 5.88 Å². The van der Waals surface area contributed by atoms with Gasteiger partial charge in [-0.2, -0.15) is 4.37 Å². The minimum absolute atomic E-state index is 0.518. The lowest BCUT2D eigenvalue weighted by atomic mass is 10.0. The highest BCUT2D eigenvalue weighted by atomic mass is 32.1. The molecule has 2 aromatic rings. The van der Waals surface area contributed by atoms with Gasteiger partial charge in [-0.25, -0.2) is 0 Å². The first-order valence-corrected chi connectivity index (χ1v) is 8.24. The Morgan fingerprint density at radius 1 is 1.24 bits per heavy atom. The molecule has 1 saturated heterocycles. The van der Waals surface area contributed by atoms with E-state index in [4.69, 9.17) is 4.74 Å². The molecule has 112 valence electrons. The Morgan fingerprint density at radius 2 is 2.05 bits per heavy atom. The second-order valence-corrected chi connectivity index (χ2v) is 6.23. The van der Waals surface area contributed by atoms with Crippen molar-refractivity contribution in [2.45, 2.75) is 45.8 Å². The zero-order valence-corrected chi connectivity index (χ0v) is 13.4. The quantitative estimate of drug-likeness (QED) is 0.861. The number of aromatic nitrogens is 2. The van der Waals surface area contributed by atoms with Crippen molar-refractivity contribution in [3.63, 3.8) is 0 Å².